The number of nitrogens with zero attached hydrogens (tertiary/aromatic N) is 2. The number of ether oxygens (including phenoxy) is 2. The van der Waals surface area contributed by atoms with Gasteiger partial charge in [-0.2, -0.15) is 0 Å². The van der Waals surface area contributed by atoms with E-state index in [4.69, 9.17) is 38.4 Å². The van der Waals surface area contributed by atoms with Gasteiger partial charge in [-0.3, -0.25) is 0 Å². The van der Waals surface area contributed by atoms with Gasteiger partial charge in [-0.05, 0) is 13.0 Å². The third kappa shape index (κ3) is 2.41. The molecule has 101 valence electrons. The van der Waals surface area contributed by atoms with Crippen molar-refractivity contribution in [1.82, 2.24) is 9.97 Å². The summed E-state index contributed by atoms with van der Waals surface area (Å²) in [4.78, 5) is 8.59. The average Bonchev–Trinajstić information content (AvgIpc) is 2.38. The highest BCUT2D eigenvalue weighted by Crippen LogP contribution is 2.37. The molecule has 0 saturated heterocycles. The molecule has 1 radical (unpaired) electrons. The lowest BCUT2D eigenvalue weighted by Crippen LogP contribution is -2.09. The summed E-state index contributed by atoms with van der Waals surface area (Å²) >= 11 is 12.2. The number of hydrogen-bond acceptors (Lipinski definition) is 5. The van der Waals surface area contributed by atoms with Crippen molar-refractivity contribution in [2.75, 3.05) is 14.2 Å². The van der Waals surface area contributed by atoms with E-state index >= 15 is 0 Å². The first kappa shape index (κ1) is 14.1. The summed E-state index contributed by atoms with van der Waals surface area (Å²) in [7, 11) is 2.95. The standard InChI is InChI=1S/C12H12Cl2N3O2/c1-5(15)8-9(14)6(13)4-7-10(8)17-12(19-3)11(16-7)18-2/h4-5H,1,15H2,2-3H3. The van der Waals surface area contributed by atoms with Crippen LogP contribution in [-0.2, 0) is 0 Å². The van der Waals surface area contributed by atoms with E-state index in [9.17, 15) is 0 Å². The molecule has 1 heterocycles. The van der Waals surface area contributed by atoms with Crippen LogP contribution in [0.5, 0.6) is 11.8 Å². The van der Waals surface area contributed by atoms with Crippen molar-refractivity contribution < 1.29 is 9.47 Å². The average molecular weight is 301 g/mol. The van der Waals surface area contributed by atoms with E-state index in [-0.39, 0.29) is 11.8 Å². The van der Waals surface area contributed by atoms with Gasteiger partial charge in [-0.15, -0.1) is 0 Å². The highest BCUT2D eigenvalue weighted by molar-refractivity contribution is 6.43. The first-order valence-corrected chi connectivity index (χ1v) is 6.11. The molecular formula is C12H12Cl2N3O2. The molecule has 19 heavy (non-hydrogen) atoms. The molecule has 1 unspecified atom stereocenters. The van der Waals surface area contributed by atoms with Gasteiger partial charge < -0.3 is 15.2 Å². The van der Waals surface area contributed by atoms with Crippen molar-refractivity contribution in [2.45, 2.75) is 6.04 Å². The number of aromatic nitrogens is 2. The van der Waals surface area contributed by atoms with E-state index in [0.29, 0.717) is 26.6 Å². The van der Waals surface area contributed by atoms with Crippen molar-refractivity contribution >= 4 is 34.2 Å². The Balaban J connectivity index is 2.87. The van der Waals surface area contributed by atoms with E-state index in [1.165, 1.54) is 14.2 Å². The fourth-order valence-electron chi connectivity index (χ4n) is 1.74. The number of methoxy groups -OCH3 is 2. The number of rotatable bonds is 3. The highest BCUT2D eigenvalue weighted by Gasteiger charge is 2.19. The summed E-state index contributed by atoms with van der Waals surface area (Å²) in [5.74, 6) is 0.507. The van der Waals surface area contributed by atoms with Crippen molar-refractivity contribution in [3.63, 3.8) is 0 Å². The highest BCUT2D eigenvalue weighted by atomic mass is 35.5. The van der Waals surface area contributed by atoms with Gasteiger partial charge in [0.1, 0.15) is 0 Å². The predicted octanol–water partition coefficient (Wildman–Crippen LogP) is 2.79. The molecule has 2 aromatic rings. The van der Waals surface area contributed by atoms with Crippen LogP contribution in [0.25, 0.3) is 11.0 Å². The lowest BCUT2D eigenvalue weighted by atomic mass is 10.1. The molecule has 0 aliphatic heterocycles. The number of benzene rings is 1. The molecule has 0 amide bonds. The third-order valence-electron chi connectivity index (χ3n) is 2.58. The first-order valence-electron chi connectivity index (χ1n) is 5.35. The van der Waals surface area contributed by atoms with E-state index in [1.54, 1.807) is 6.07 Å². The molecule has 0 aliphatic carbocycles. The Hall–Kier alpha value is -1.30. The number of halogens is 2. The van der Waals surface area contributed by atoms with Crippen molar-refractivity contribution in [1.29, 1.82) is 0 Å². The van der Waals surface area contributed by atoms with Gasteiger partial charge in [0.2, 0.25) is 0 Å². The summed E-state index contributed by atoms with van der Waals surface area (Å²) in [6.45, 7) is 3.75. The maximum absolute atomic E-state index is 6.14. The summed E-state index contributed by atoms with van der Waals surface area (Å²) in [5.41, 5.74) is 7.35. The first-order chi connectivity index (χ1) is 8.99. The monoisotopic (exact) mass is 300 g/mol. The quantitative estimate of drug-likeness (QED) is 0.944. The van der Waals surface area contributed by atoms with Crippen LogP contribution in [-0.4, -0.2) is 24.2 Å². The minimum atomic E-state index is -0.582. The van der Waals surface area contributed by atoms with E-state index in [0.717, 1.165) is 0 Å². The third-order valence-corrected chi connectivity index (χ3v) is 3.39. The molecule has 0 saturated carbocycles. The van der Waals surface area contributed by atoms with Gasteiger partial charge >= 0.3 is 0 Å². The maximum atomic E-state index is 6.14. The molecule has 2 rings (SSSR count). The zero-order valence-electron chi connectivity index (χ0n) is 10.4. The second kappa shape index (κ2) is 5.36. The molecule has 7 heteroatoms. The van der Waals surface area contributed by atoms with Crippen LogP contribution >= 0.6 is 23.2 Å². The predicted molar refractivity (Wildman–Crippen MR) is 74.9 cm³/mol. The zero-order chi connectivity index (χ0) is 14.2. The van der Waals surface area contributed by atoms with Gasteiger partial charge in [0, 0.05) is 11.6 Å². The molecule has 0 aliphatic rings. The smallest absolute Gasteiger partial charge is 0.278 e. The van der Waals surface area contributed by atoms with Gasteiger partial charge in [0.25, 0.3) is 11.8 Å². The fourth-order valence-corrected chi connectivity index (χ4v) is 2.23. The zero-order valence-corrected chi connectivity index (χ0v) is 11.9. The van der Waals surface area contributed by atoms with Crippen LogP contribution in [0.4, 0.5) is 0 Å². The van der Waals surface area contributed by atoms with E-state index in [2.05, 4.69) is 16.9 Å². The van der Waals surface area contributed by atoms with Crippen LogP contribution < -0.4 is 15.2 Å². The Kier molecular flexibility index (Phi) is 3.99. The molecule has 1 aromatic heterocycles. The van der Waals surface area contributed by atoms with Crippen molar-refractivity contribution in [3.05, 3.63) is 28.6 Å². The lowest BCUT2D eigenvalue weighted by molar-refractivity contribution is 0.334. The minimum Gasteiger partial charge on any atom is -0.477 e. The summed E-state index contributed by atoms with van der Waals surface area (Å²) in [6, 6.07) is 1.01. The Morgan fingerprint density at radius 1 is 1.21 bits per heavy atom. The number of nitrogens with two attached hydrogens (primary N) is 1. The van der Waals surface area contributed by atoms with Crippen molar-refractivity contribution in [2.24, 2.45) is 5.73 Å². The summed E-state index contributed by atoms with van der Waals surface area (Å²) < 4.78 is 10.2. The van der Waals surface area contributed by atoms with Gasteiger partial charge in [-0.1, -0.05) is 23.2 Å². The van der Waals surface area contributed by atoms with Gasteiger partial charge in [0.15, 0.2) is 0 Å². The van der Waals surface area contributed by atoms with Gasteiger partial charge in [0.05, 0.1) is 35.3 Å². The Labute approximate surface area is 120 Å². The van der Waals surface area contributed by atoms with Crippen LogP contribution in [0.1, 0.15) is 11.6 Å². The molecule has 0 spiro atoms. The largest absolute Gasteiger partial charge is 0.477 e. The molecule has 0 bridgehead atoms. The van der Waals surface area contributed by atoms with Crippen LogP contribution in [0.15, 0.2) is 6.07 Å². The van der Waals surface area contributed by atoms with Crippen LogP contribution in [0, 0.1) is 6.92 Å². The van der Waals surface area contributed by atoms with Crippen LogP contribution in [0.2, 0.25) is 10.0 Å². The molecule has 2 N–H and O–H groups in total. The molecule has 5 nitrogen and oxygen atoms in total. The van der Waals surface area contributed by atoms with Gasteiger partial charge in [-0.25, -0.2) is 9.97 Å². The van der Waals surface area contributed by atoms with E-state index in [1.807, 2.05) is 0 Å². The minimum absolute atomic E-state index is 0.246. The molecule has 0 fully saturated rings. The van der Waals surface area contributed by atoms with Crippen LogP contribution in [0.3, 0.4) is 0 Å². The second-order valence-corrected chi connectivity index (χ2v) is 4.59. The Morgan fingerprint density at radius 2 is 1.79 bits per heavy atom. The Bertz CT molecular complexity index is 632. The fraction of sp³-hybridized carbons (Fsp3) is 0.250. The van der Waals surface area contributed by atoms with E-state index < -0.39 is 6.04 Å². The number of hydrogen-bond donors (Lipinski definition) is 1. The maximum Gasteiger partial charge on any atom is 0.278 e. The normalized spacial score (nSPS) is 12.5. The summed E-state index contributed by atoms with van der Waals surface area (Å²) in [6.07, 6.45) is 0. The van der Waals surface area contributed by atoms with Crippen molar-refractivity contribution in [3.8, 4) is 11.8 Å². The number of fused-ring (bicyclic) bond motifs is 1. The summed E-state index contributed by atoms with van der Waals surface area (Å²) in [5, 5.41) is 0.656. The molecule has 1 atom stereocenters. The lowest BCUT2D eigenvalue weighted by Gasteiger charge is -2.14. The molecule has 1 aromatic carbocycles. The SMILES string of the molecule is [CH2]C(N)c1c(Cl)c(Cl)cc2nc(OC)c(OC)nc12. The Morgan fingerprint density at radius 3 is 2.32 bits per heavy atom. The molecular weight excluding hydrogens is 289 g/mol. The topological polar surface area (TPSA) is 70.3 Å². The second-order valence-electron chi connectivity index (χ2n) is 3.80.